The molecule has 1 aliphatic rings. The Labute approximate surface area is 199 Å². The van der Waals surface area contributed by atoms with Gasteiger partial charge in [0.25, 0.3) is 5.91 Å². The number of ether oxygens (including phenoxy) is 1. The molecule has 0 atom stereocenters. The molecule has 4 rings (SSSR count). The van der Waals surface area contributed by atoms with Crippen LogP contribution in [0.25, 0.3) is 0 Å². The van der Waals surface area contributed by atoms with Crippen molar-refractivity contribution < 1.29 is 14.3 Å². The first-order chi connectivity index (χ1) is 16.6. The van der Waals surface area contributed by atoms with Crippen LogP contribution in [-0.4, -0.2) is 78.0 Å². The second-order valence-electron chi connectivity index (χ2n) is 8.14. The molecule has 0 bridgehead atoms. The van der Waals surface area contributed by atoms with Crippen LogP contribution < -0.4 is 9.64 Å². The van der Waals surface area contributed by atoms with Crippen LogP contribution in [0.3, 0.4) is 0 Å². The van der Waals surface area contributed by atoms with E-state index in [-0.39, 0.29) is 18.4 Å². The second kappa shape index (κ2) is 11.4. The molecule has 0 radical (unpaired) electrons. The van der Waals surface area contributed by atoms with Crippen LogP contribution in [0.4, 0.5) is 5.82 Å². The van der Waals surface area contributed by atoms with Gasteiger partial charge in [-0.05, 0) is 60.5 Å². The van der Waals surface area contributed by atoms with E-state index in [1.54, 1.807) is 49.7 Å². The summed E-state index contributed by atoms with van der Waals surface area (Å²) in [5.74, 6) is 0.762. The van der Waals surface area contributed by atoms with E-state index < -0.39 is 0 Å². The second-order valence-corrected chi connectivity index (χ2v) is 8.14. The average Bonchev–Trinajstić information content (AvgIpc) is 2.91. The van der Waals surface area contributed by atoms with Gasteiger partial charge in [-0.1, -0.05) is 6.07 Å². The molecule has 0 N–H and O–H groups in total. The van der Waals surface area contributed by atoms with Gasteiger partial charge in [-0.3, -0.25) is 24.4 Å². The predicted molar refractivity (Wildman–Crippen MR) is 130 cm³/mol. The molecule has 0 spiro atoms. The van der Waals surface area contributed by atoms with Crippen LogP contribution in [0.2, 0.25) is 0 Å². The van der Waals surface area contributed by atoms with E-state index in [2.05, 4.69) is 14.9 Å². The Morgan fingerprint density at radius 2 is 1.68 bits per heavy atom. The van der Waals surface area contributed by atoms with Crippen molar-refractivity contribution >= 4 is 17.6 Å². The number of aromatic nitrogens is 2. The molecule has 34 heavy (non-hydrogen) atoms. The Morgan fingerprint density at radius 1 is 0.941 bits per heavy atom. The van der Waals surface area contributed by atoms with Crippen molar-refractivity contribution in [3.8, 4) is 5.75 Å². The van der Waals surface area contributed by atoms with E-state index in [0.717, 1.165) is 26.1 Å². The lowest BCUT2D eigenvalue weighted by atomic mass is 10.1. The summed E-state index contributed by atoms with van der Waals surface area (Å²) in [6.45, 7) is 3.80. The number of nitrogens with zero attached hydrogens (tertiary/aromatic N) is 5. The van der Waals surface area contributed by atoms with Crippen LogP contribution in [-0.2, 0) is 11.2 Å². The molecule has 3 aromatic rings. The molecule has 8 nitrogen and oxygen atoms in total. The van der Waals surface area contributed by atoms with Crippen molar-refractivity contribution in [3.05, 3.63) is 84.3 Å². The number of methoxy groups -OCH3 is 1. The zero-order chi connectivity index (χ0) is 23.8. The van der Waals surface area contributed by atoms with Crippen LogP contribution in [0.1, 0.15) is 15.9 Å². The molecule has 3 heterocycles. The maximum atomic E-state index is 13.3. The van der Waals surface area contributed by atoms with Crippen molar-refractivity contribution in [2.75, 3.05) is 51.3 Å². The van der Waals surface area contributed by atoms with Crippen LogP contribution in [0.5, 0.6) is 5.75 Å². The molecule has 1 aliphatic heterocycles. The van der Waals surface area contributed by atoms with E-state index in [1.807, 2.05) is 35.5 Å². The number of carbonyl (C=O) groups is 2. The first kappa shape index (κ1) is 23.4. The summed E-state index contributed by atoms with van der Waals surface area (Å²) in [7, 11) is 1.58. The van der Waals surface area contributed by atoms with Crippen molar-refractivity contribution in [3.63, 3.8) is 0 Å². The summed E-state index contributed by atoms with van der Waals surface area (Å²) >= 11 is 0. The van der Waals surface area contributed by atoms with Crippen molar-refractivity contribution in [2.24, 2.45) is 0 Å². The van der Waals surface area contributed by atoms with Gasteiger partial charge in [0, 0.05) is 56.9 Å². The molecule has 0 saturated carbocycles. The summed E-state index contributed by atoms with van der Waals surface area (Å²) in [6, 6.07) is 16.3. The Hall–Kier alpha value is -3.78. The molecule has 176 valence electrons. The third-order valence-electron chi connectivity index (χ3n) is 5.99. The van der Waals surface area contributed by atoms with Gasteiger partial charge in [-0.15, -0.1) is 0 Å². The van der Waals surface area contributed by atoms with Crippen LogP contribution in [0, 0.1) is 0 Å². The van der Waals surface area contributed by atoms with Crippen molar-refractivity contribution in [1.29, 1.82) is 0 Å². The number of hydrogen-bond acceptors (Lipinski definition) is 6. The van der Waals surface area contributed by atoms with Gasteiger partial charge >= 0.3 is 0 Å². The maximum Gasteiger partial charge on any atom is 0.259 e. The van der Waals surface area contributed by atoms with E-state index >= 15 is 0 Å². The number of anilines is 1. The predicted octanol–water partition coefficient (Wildman–Crippen LogP) is 2.52. The van der Waals surface area contributed by atoms with Crippen LogP contribution >= 0.6 is 0 Å². The fourth-order valence-corrected chi connectivity index (χ4v) is 3.95. The Kier molecular flexibility index (Phi) is 7.83. The molecular formula is C26H29N5O3. The molecule has 2 aromatic heterocycles. The number of carbonyl (C=O) groups excluding carboxylic acids is 2. The topological polar surface area (TPSA) is 78.9 Å². The zero-order valence-corrected chi connectivity index (χ0v) is 19.3. The van der Waals surface area contributed by atoms with E-state index in [4.69, 9.17) is 4.74 Å². The fourth-order valence-electron chi connectivity index (χ4n) is 3.95. The summed E-state index contributed by atoms with van der Waals surface area (Å²) < 4.78 is 5.18. The van der Waals surface area contributed by atoms with E-state index in [9.17, 15) is 9.59 Å². The van der Waals surface area contributed by atoms with Gasteiger partial charge in [0.05, 0.1) is 7.11 Å². The molecule has 1 fully saturated rings. The molecule has 1 saturated heterocycles. The quantitative estimate of drug-likeness (QED) is 0.515. The first-order valence-electron chi connectivity index (χ1n) is 11.4. The Morgan fingerprint density at radius 3 is 2.32 bits per heavy atom. The molecule has 0 aliphatic carbocycles. The number of amides is 2. The smallest absolute Gasteiger partial charge is 0.259 e. The summed E-state index contributed by atoms with van der Waals surface area (Å²) in [4.78, 5) is 40.5. The SMILES string of the molecule is COc1ccc(C(=O)N(CC(=O)N2CCN(CCc3ccncc3)CC2)c2ccccn2)cc1. The van der Waals surface area contributed by atoms with Gasteiger partial charge < -0.3 is 9.64 Å². The normalized spacial score (nSPS) is 14.0. The molecule has 2 amide bonds. The minimum atomic E-state index is -0.273. The van der Waals surface area contributed by atoms with Gasteiger partial charge in [0.1, 0.15) is 18.1 Å². The number of piperazine rings is 1. The molecule has 1 aromatic carbocycles. The highest BCUT2D eigenvalue weighted by Crippen LogP contribution is 2.18. The largest absolute Gasteiger partial charge is 0.497 e. The average molecular weight is 460 g/mol. The highest BCUT2D eigenvalue weighted by molar-refractivity contribution is 6.08. The standard InChI is InChI=1S/C26H29N5O3/c1-34-23-7-5-22(6-8-23)26(33)31(24-4-2-3-12-28-24)20-25(32)30-18-16-29(17-19-30)15-11-21-9-13-27-14-10-21/h2-10,12-14H,11,15-20H2,1H3. The zero-order valence-electron chi connectivity index (χ0n) is 19.3. The van der Waals surface area contributed by atoms with Crippen molar-refractivity contribution in [1.82, 2.24) is 19.8 Å². The van der Waals surface area contributed by atoms with Crippen molar-refractivity contribution in [2.45, 2.75) is 6.42 Å². The number of benzene rings is 1. The number of rotatable bonds is 8. The molecular weight excluding hydrogens is 430 g/mol. The monoisotopic (exact) mass is 459 g/mol. The van der Waals surface area contributed by atoms with Gasteiger partial charge in [-0.25, -0.2) is 4.98 Å². The van der Waals surface area contributed by atoms with E-state index in [0.29, 0.717) is 30.2 Å². The third kappa shape index (κ3) is 5.96. The lowest BCUT2D eigenvalue weighted by molar-refractivity contribution is -0.131. The highest BCUT2D eigenvalue weighted by atomic mass is 16.5. The minimum absolute atomic E-state index is 0.0567. The third-order valence-corrected chi connectivity index (χ3v) is 5.99. The Bertz CT molecular complexity index is 1070. The van der Waals surface area contributed by atoms with Crippen LogP contribution in [0.15, 0.2) is 73.2 Å². The first-order valence-corrected chi connectivity index (χ1v) is 11.4. The summed E-state index contributed by atoms with van der Waals surface area (Å²) in [6.07, 6.45) is 6.20. The maximum absolute atomic E-state index is 13.3. The van der Waals surface area contributed by atoms with Gasteiger partial charge in [-0.2, -0.15) is 0 Å². The highest BCUT2D eigenvalue weighted by Gasteiger charge is 2.26. The summed E-state index contributed by atoms with van der Waals surface area (Å²) in [5, 5.41) is 0. The molecule has 0 unspecified atom stereocenters. The summed E-state index contributed by atoms with van der Waals surface area (Å²) in [5.41, 5.74) is 1.73. The van der Waals surface area contributed by atoms with Gasteiger partial charge in [0.2, 0.25) is 5.91 Å². The minimum Gasteiger partial charge on any atom is -0.497 e. The number of pyridine rings is 2. The van der Waals surface area contributed by atoms with E-state index in [1.165, 1.54) is 10.5 Å². The Balaban J connectivity index is 1.37. The lowest BCUT2D eigenvalue weighted by Crippen LogP contribution is -2.52. The lowest BCUT2D eigenvalue weighted by Gasteiger charge is -2.35. The number of hydrogen-bond donors (Lipinski definition) is 0. The fraction of sp³-hybridized carbons (Fsp3) is 0.308. The molecule has 8 heteroatoms. The van der Waals surface area contributed by atoms with Gasteiger partial charge in [0.15, 0.2) is 0 Å².